The molecule has 5 heteroatoms. The van der Waals surface area contributed by atoms with E-state index >= 15 is 0 Å². The van der Waals surface area contributed by atoms with Crippen molar-refractivity contribution in [3.8, 4) is 0 Å². The molecule has 1 N–H and O–H groups in total. The Labute approximate surface area is 187 Å². The fourth-order valence-corrected chi connectivity index (χ4v) is 9.36. The van der Waals surface area contributed by atoms with Gasteiger partial charge in [-0.1, -0.05) is 44.4 Å². The average molecular weight is 447 g/mol. The third kappa shape index (κ3) is 3.41. The normalized spacial score (nSPS) is 44.9. The topological polar surface area (TPSA) is 63.6 Å². The summed E-state index contributed by atoms with van der Waals surface area (Å²) in [5.74, 6) is 2.50. The Morgan fingerprint density at radius 3 is 2.42 bits per heavy atom. The lowest BCUT2D eigenvalue weighted by Crippen LogP contribution is -2.53. The van der Waals surface area contributed by atoms with Crippen molar-refractivity contribution < 1.29 is 17.7 Å². The summed E-state index contributed by atoms with van der Waals surface area (Å²) in [6, 6.07) is 6.77. The summed E-state index contributed by atoms with van der Waals surface area (Å²) in [6.45, 7) is 6.66. The summed E-state index contributed by atoms with van der Waals surface area (Å²) in [6.07, 6.45) is 9.41. The lowest BCUT2D eigenvalue weighted by Gasteiger charge is -2.60. The first kappa shape index (κ1) is 21.9. The van der Waals surface area contributed by atoms with Gasteiger partial charge in [0.15, 0.2) is 0 Å². The molecule has 31 heavy (non-hydrogen) atoms. The van der Waals surface area contributed by atoms with Gasteiger partial charge in [-0.15, -0.1) is 0 Å². The fraction of sp³-hybridized carbons (Fsp3) is 0.769. The van der Waals surface area contributed by atoms with Crippen LogP contribution in [0.4, 0.5) is 0 Å². The van der Waals surface area contributed by atoms with E-state index < -0.39 is 22.3 Å². The summed E-state index contributed by atoms with van der Waals surface area (Å²) in [5, 5.41) is 11.3. The van der Waals surface area contributed by atoms with Crippen LogP contribution in [0.5, 0.6) is 0 Å². The molecule has 172 valence electrons. The molecule has 4 nitrogen and oxygen atoms in total. The number of fused-ring (bicyclic) bond motifs is 5. The van der Waals surface area contributed by atoms with Gasteiger partial charge in [-0.3, -0.25) is 4.18 Å². The van der Waals surface area contributed by atoms with E-state index in [2.05, 4.69) is 13.8 Å². The van der Waals surface area contributed by atoms with Gasteiger partial charge in [-0.05, 0) is 98.5 Å². The van der Waals surface area contributed by atoms with Crippen LogP contribution in [0.3, 0.4) is 0 Å². The predicted molar refractivity (Wildman–Crippen MR) is 121 cm³/mol. The molecule has 8 atom stereocenters. The lowest BCUT2D eigenvalue weighted by atomic mass is 9.45. The van der Waals surface area contributed by atoms with Gasteiger partial charge in [0.2, 0.25) is 0 Å². The number of aliphatic hydroxyl groups is 1. The van der Waals surface area contributed by atoms with Gasteiger partial charge in [0.1, 0.15) is 6.10 Å². The second-order valence-corrected chi connectivity index (χ2v) is 13.1. The van der Waals surface area contributed by atoms with Crippen LogP contribution in [0.15, 0.2) is 29.2 Å². The molecule has 0 radical (unpaired) electrons. The Balaban J connectivity index is 1.39. The van der Waals surface area contributed by atoms with Gasteiger partial charge < -0.3 is 5.11 Å². The first-order valence-electron chi connectivity index (χ1n) is 12.3. The van der Waals surface area contributed by atoms with Crippen LogP contribution in [0.25, 0.3) is 0 Å². The monoisotopic (exact) mass is 446 g/mol. The number of benzene rings is 1. The maximum Gasteiger partial charge on any atom is 0.297 e. The standard InChI is InChI=1S/C26H38O4S/c1-17-7-10-19(11-8-17)31(28,29)30-23-16-22-20-12-9-18-6-4-5-14-25(18,2)21(20)13-15-26(22,3)24(23)27/h7-8,10-11,18,20-24,27H,4-6,9,12-16H2,1-3H3/t18-,20-,21-,22-,23-,24+,25+,26+/m1/s1. The third-order valence-electron chi connectivity index (χ3n) is 10.1. The lowest BCUT2D eigenvalue weighted by molar-refractivity contribution is -0.122. The van der Waals surface area contributed by atoms with E-state index in [-0.39, 0.29) is 10.3 Å². The Morgan fingerprint density at radius 1 is 0.935 bits per heavy atom. The van der Waals surface area contributed by atoms with Crippen molar-refractivity contribution in [1.82, 2.24) is 0 Å². The molecule has 0 saturated heterocycles. The highest BCUT2D eigenvalue weighted by Crippen LogP contribution is 2.66. The van der Waals surface area contributed by atoms with E-state index in [4.69, 9.17) is 4.18 Å². The van der Waals surface area contributed by atoms with Gasteiger partial charge in [-0.25, -0.2) is 0 Å². The van der Waals surface area contributed by atoms with Crippen LogP contribution < -0.4 is 0 Å². The zero-order valence-electron chi connectivity index (χ0n) is 19.2. The highest BCUT2D eigenvalue weighted by Gasteiger charge is 2.62. The molecule has 0 heterocycles. The fourth-order valence-electron chi connectivity index (χ4n) is 8.27. The molecule has 4 aliphatic rings. The SMILES string of the molecule is Cc1ccc(S(=O)(=O)O[C@@H]2C[C@@H]3[C@@H]4CC[C@H]5CCCC[C@]5(C)[C@@H]4CC[C@]3(C)[C@H]2O)cc1. The minimum Gasteiger partial charge on any atom is -0.390 e. The zero-order valence-corrected chi connectivity index (χ0v) is 20.0. The van der Waals surface area contributed by atoms with Crippen LogP contribution in [-0.2, 0) is 14.3 Å². The van der Waals surface area contributed by atoms with E-state index in [1.165, 1.54) is 44.9 Å². The number of hydrogen-bond acceptors (Lipinski definition) is 4. The average Bonchev–Trinajstić information content (AvgIpc) is 2.98. The van der Waals surface area contributed by atoms with Crippen LogP contribution in [-0.4, -0.2) is 25.7 Å². The number of rotatable bonds is 3. The van der Waals surface area contributed by atoms with Gasteiger partial charge >= 0.3 is 0 Å². The Kier molecular flexibility index (Phi) is 5.35. The molecule has 0 spiro atoms. The maximum absolute atomic E-state index is 12.9. The van der Waals surface area contributed by atoms with Gasteiger partial charge in [0.05, 0.1) is 11.0 Å². The van der Waals surface area contributed by atoms with Gasteiger partial charge in [0, 0.05) is 0 Å². The van der Waals surface area contributed by atoms with E-state index in [1.807, 2.05) is 6.92 Å². The van der Waals surface area contributed by atoms with Crippen molar-refractivity contribution in [3.63, 3.8) is 0 Å². The molecule has 4 fully saturated rings. The minimum absolute atomic E-state index is 0.179. The van der Waals surface area contributed by atoms with Crippen molar-refractivity contribution >= 4 is 10.1 Å². The van der Waals surface area contributed by atoms with Crippen LogP contribution in [0.2, 0.25) is 0 Å². The maximum atomic E-state index is 12.9. The Morgan fingerprint density at radius 2 is 1.68 bits per heavy atom. The Bertz CT molecular complexity index is 925. The smallest absolute Gasteiger partial charge is 0.297 e. The molecule has 0 aromatic heterocycles. The quantitative estimate of drug-likeness (QED) is 0.625. The van der Waals surface area contributed by atoms with Crippen molar-refractivity contribution in [1.29, 1.82) is 0 Å². The molecule has 4 aliphatic carbocycles. The third-order valence-corrected chi connectivity index (χ3v) is 11.4. The Hall–Kier alpha value is -0.910. The van der Waals surface area contributed by atoms with Crippen molar-refractivity contribution in [2.24, 2.45) is 34.5 Å². The van der Waals surface area contributed by atoms with Crippen molar-refractivity contribution in [2.45, 2.75) is 95.7 Å². The van der Waals surface area contributed by atoms with Crippen molar-refractivity contribution in [2.75, 3.05) is 0 Å². The molecular weight excluding hydrogens is 408 g/mol. The molecule has 0 aliphatic heterocycles. The van der Waals surface area contributed by atoms with Crippen LogP contribution in [0, 0.1) is 41.4 Å². The molecule has 1 aromatic rings. The second kappa shape index (κ2) is 7.56. The molecule has 1 aromatic carbocycles. The summed E-state index contributed by atoms with van der Waals surface area (Å²) in [5.41, 5.74) is 1.20. The molecule has 4 saturated carbocycles. The molecule has 5 rings (SSSR count). The van der Waals surface area contributed by atoms with Gasteiger partial charge in [0.25, 0.3) is 10.1 Å². The van der Waals surface area contributed by atoms with E-state index in [0.717, 1.165) is 17.9 Å². The van der Waals surface area contributed by atoms with Crippen molar-refractivity contribution in [3.05, 3.63) is 29.8 Å². The largest absolute Gasteiger partial charge is 0.390 e. The zero-order chi connectivity index (χ0) is 22.0. The molecule has 0 amide bonds. The first-order chi connectivity index (χ1) is 14.6. The number of aryl methyl sites for hydroxylation is 1. The highest BCUT2D eigenvalue weighted by atomic mass is 32.2. The molecule has 0 bridgehead atoms. The van der Waals surface area contributed by atoms with Crippen LogP contribution >= 0.6 is 0 Å². The summed E-state index contributed by atoms with van der Waals surface area (Å²) < 4.78 is 31.6. The number of hydrogen-bond donors (Lipinski definition) is 1. The number of aliphatic hydroxyl groups excluding tert-OH is 1. The predicted octanol–water partition coefficient (Wildman–Crippen LogP) is 5.47. The first-order valence-corrected chi connectivity index (χ1v) is 13.7. The van der Waals surface area contributed by atoms with Gasteiger partial charge in [-0.2, -0.15) is 8.42 Å². The van der Waals surface area contributed by atoms with Crippen LogP contribution in [0.1, 0.15) is 77.2 Å². The summed E-state index contributed by atoms with van der Waals surface area (Å²) in [4.78, 5) is 0.179. The van der Waals surface area contributed by atoms with E-state index in [9.17, 15) is 13.5 Å². The molecule has 0 unspecified atom stereocenters. The second-order valence-electron chi connectivity index (χ2n) is 11.5. The summed E-state index contributed by atoms with van der Waals surface area (Å²) >= 11 is 0. The van der Waals surface area contributed by atoms with E-state index in [1.54, 1.807) is 24.3 Å². The van der Waals surface area contributed by atoms with E-state index in [0.29, 0.717) is 29.6 Å². The molecular formula is C26H38O4S. The minimum atomic E-state index is -3.88. The highest BCUT2D eigenvalue weighted by molar-refractivity contribution is 7.86. The summed E-state index contributed by atoms with van der Waals surface area (Å²) in [7, 11) is -3.88.